The lowest BCUT2D eigenvalue weighted by Gasteiger charge is -2.15. The Balaban J connectivity index is 2.91. The summed E-state index contributed by atoms with van der Waals surface area (Å²) in [6.45, 7) is 1.80. The van der Waals surface area contributed by atoms with Gasteiger partial charge in [-0.15, -0.1) is 0 Å². The zero-order chi connectivity index (χ0) is 10.6. The molecule has 72 valence electrons. The summed E-state index contributed by atoms with van der Waals surface area (Å²) in [6, 6.07) is 4.03. The summed E-state index contributed by atoms with van der Waals surface area (Å²) >= 11 is 0. The SMILES string of the molecule is CC(CC#N)C1=C(F)CCC(C#N)=C1. The van der Waals surface area contributed by atoms with Crippen LogP contribution in [-0.4, -0.2) is 0 Å². The van der Waals surface area contributed by atoms with Gasteiger partial charge in [-0.3, -0.25) is 0 Å². The molecule has 0 aromatic carbocycles. The normalized spacial score (nSPS) is 18.1. The average Bonchev–Trinajstić information content (AvgIpc) is 2.19. The van der Waals surface area contributed by atoms with E-state index in [0.29, 0.717) is 24.0 Å². The first-order valence-electron chi connectivity index (χ1n) is 4.55. The molecule has 1 aliphatic rings. The molecular formula is C11H11FN2. The summed E-state index contributed by atoms with van der Waals surface area (Å²) in [4.78, 5) is 0. The standard InChI is InChI=1S/C11H11FN2/c1-8(4-5-13)10-6-9(7-14)2-3-11(10)12/h6,8H,2-4H2,1H3. The van der Waals surface area contributed by atoms with E-state index in [1.807, 2.05) is 12.1 Å². The maximum atomic E-state index is 13.3. The third-order valence-corrected chi connectivity index (χ3v) is 2.33. The first-order chi connectivity index (χ1) is 6.69. The van der Waals surface area contributed by atoms with Gasteiger partial charge in [-0.05, 0) is 24.0 Å². The lowest BCUT2D eigenvalue weighted by molar-refractivity contribution is 0.544. The molecule has 0 spiro atoms. The van der Waals surface area contributed by atoms with Gasteiger partial charge in [-0.2, -0.15) is 10.5 Å². The van der Waals surface area contributed by atoms with Crippen molar-refractivity contribution in [3.05, 3.63) is 23.0 Å². The van der Waals surface area contributed by atoms with Gasteiger partial charge in [-0.25, -0.2) is 4.39 Å². The Morgan fingerprint density at radius 3 is 2.79 bits per heavy atom. The molecule has 1 rings (SSSR count). The van der Waals surface area contributed by atoms with E-state index in [1.165, 1.54) is 0 Å². The van der Waals surface area contributed by atoms with Crippen LogP contribution in [0.5, 0.6) is 0 Å². The zero-order valence-corrected chi connectivity index (χ0v) is 8.05. The van der Waals surface area contributed by atoms with Crippen LogP contribution < -0.4 is 0 Å². The second kappa shape index (κ2) is 4.58. The smallest absolute Gasteiger partial charge is 0.104 e. The summed E-state index contributed by atoms with van der Waals surface area (Å²) in [6.07, 6.45) is 2.65. The van der Waals surface area contributed by atoms with Crippen LogP contribution in [0.1, 0.15) is 26.2 Å². The van der Waals surface area contributed by atoms with Crippen LogP contribution in [0.4, 0.5) is 4.39 Å². The maximum Gasteiger partial charge on any atom is 0.104 e. The van der Waals surface area contributed by atoms with Gasteiger partial charge in [0.2, 0.25) is 0 Å². The fourth-order valence-electron chi connectivity index (χ4n) is 1.47. The Morgan fingerprint density at radius 1 is 1.50 bits per heavy atom. The van der Waals surface area contributed by atoms with Crippen molar-refractivity contribution in [1.82, 2.24) is 0 Å². The van der Waals surface area contributed by atoms with Crippen molar-refractivity contribution in [2.45, 2.75) is 26.2 Å². The summed E-state index contributed by atoms with van der Waals surface area (Å²) < 4.78 is 13.3. The van der Waals surface area contributed by atoms with Gasteiger partial charge < -0.3 is 0 Å². The highest BCUT2D eigenvalue weighted by Crippen LogP contribution is 2.30. The molecule has 1 aliphatic carbocycles. The maximum absolute atomic E-state index is 13.3. The molecule has 3 heteroatoms. The number of nitrogens with zero attached hydrogens (tertiary/aromatic N) is 2. The van der Waals surface area contributed by atoms with Gasteiger partial charge in [0.15, 0.2) is 0 Å². The van der Waals surface area contributed by atoms with Crippen molar-refractivity contribution >= 4 is 0 Å². The van der Waals surface area contributed by atoms with Crippen molar-refractivity contribution in [3.8, 4) is 12.1 Å². The molecule has 1 atom stereocenters. The Morgan fingerprint density at radius 2 is 2.21 bits per heavy atom. The lowest BCUT2D eigenvalue weighted by atomic mass is 9.89. The fourth-order valence-corrected chi connectivity index (χ4v) is 1.47. The van der Waals surface area contributed by atoms with E-state index in [0.717, 1.165) is 0 Å². The van der Waals surface area contributed by atoms with Gasteiger partial charge >= 0.3 is 0 Å². The Kier molecular flexibility index (Phi) is 3.42. The molecule has 0 saturated carbocycles. The molecule has 0 N–H and O–H groups in total. The van der Waals surface area contributed by atoms with Crippen LogP contribution in [0.25, 0.3) is 0 Å². The molecule has 0 amide bonds. The first-order valence-corrected chi connectivity index (χ1v) is 4.55. The van der Waals surface area contributed by atoms with Crippen LogP contribution in [0.15, 0.2) is 23.0 Å². The van der Waals surface area contributed by atoms with Gasteiger partial charge in [-0.1, -0.05) is 6.92 Å². The monoisotopic (exact) mass is 190 g/mol. The van der Waals surface area contributed by atoms with E-state index in [9.17, 15) is 4.39 Å². The zero-order valence-electron chi connectivity index (χ0n) is 8.05. The fraction of sp³-hybridized carbons (Fsp3) is 0.455. The molecule has 1 unspecified atom stereocenters. The lowest BCUT2D eigenvalue weighted by Crippen LogP contribution is -2.04. The number of hydrogen-bond donors (Lipinski definition) is 0. The van der Waals surface area contributed by atoms with Gasteiger partial charge in [0.25, 0.3) is 0 Å². The number of rotatable bonds is 2. The molecule has 0 heterocycles. The molecule has 0 radical (unpaired) electrons. The van der Waals surface area contributed by atoms with Crippen molar-refractivity contribution in [2.24, 2.45) is 5.92 Å². The van der Waals surface area contributed by atoms with E-state index in [2.05, 4.69) is 0 Å². The summed E-state index contributed by atoms with van der Waals surface area (Å²) in [5.74, 6) is -0.296. The molecule has 0 aromatic heterocycles. The van der Waals surface area contributed by atoms with Gasteiger partial charge in [0, 0.05) is 18.4 Å². The highest BCUT2D eigenvalue weighted by atomic mass is 19.1. The van der Waals surface area contributed by atoms with Crippen LogP contribution >= 0.6 is 0 Å². The topological polar surface area (TPSA) is 47.6 Å². The molecule has 0 aliphatic heterocycles. The average molecular weight is 190 g/mol. The first kappa shape index (κ1) is 10.5. The second-order valence-corrected chi connectivity index (χ2v) is 3.40. The Hall–Kier alpha value is -1.61. The van der Waals surface area contributed by atoms with Gasteiger partial charge in [0.05, 0.1) is 12.1 Å². The van der Waals surface area contributed by atoms with Crippen LogP contribution in [0.2, 0.25) is 0 Å². The predicted molar refractivity (Wildman–Crippen MR) is 50.5 cm³/mol. The highest BCUT2D eigenvalue weighted by Gasteiger charge is 2.17. The quantitative estimate of drug-likeness (QED) is 0.672. The Bertz CT molecular complexity index is 366. The minimum absolute atomic E-state index is 0.122. The van der Waals surface area contributed by atoms with E-state index < -0.39 is 0 Å². The minimum Gasteiger partial charge on any atom is -0.212 e. The molecular weight excluding hydrogens is 179 g/mol. The minimum atomic E-state index is -0.174. The van der Waals surface area contributed by atoms with Crippen molar-refractivity contribution in [2.75, 3.05) is 0 Å². The highest BCUT2D eigenvalue weighted by molar-refractivity contribution is 5.38. The van der Waals surface area contributed by atoms with E-state index >= 15 is 0 Å². The summed E-state index contributed by atoms with van der Waals surface area (Å²) in [5.41, 5.74) is 1.13. The van der Waals surface area contributed by atoms with Crippen molar-refractivity contribution in [3.63, 3.8) is 0 Å². The molecule has 0 aromatic rings. The van der Waals surface area contributed by atoms with Gasteiger partial charge in [0.1, 0.15) is 5.83 Å². The third-order valence-electron chi connectivity index (χ3n) is 2.33. The Labute approximate surface area is 83.0 Å². The molecule has 2 nitrogen and oxygen atoms in total. The van der Waals surface area contributed by atoms with E-state index in [-0.39, 0.29) is 18.2 Å². The van der Waals surface area contributed by atoms with Crippen LogP contribution in [-0.2, 0) is 0 Å². The number of nitriles is 2. The number of hydrogen-bond acceptors (Lipinski definition) is 2. The van der Waals surface area contributed by atoms with E-state index in [4.69, 9.17) is 10.5 Å². The predicted octanol–water partition coefficient (Wildman–Crippen LogP) is 3.00. The van der Waals surface area contributed by atoms with Crippen molar-refractivity contribution in [1.29, 1.82) is 10.5 Å². The third kappa shape index (κ3) is 2.20. The van der Waals surface area contributed by atoms with E-state index in [1.54, 1.807) is 13.0 Å². The second-order valence-electron chi connectivity index (χ2n) is 3.40. The number of halogens is 1. The summed E-state index contributed by atoms with van der Waals surface area (Å²) in [7, 11) is 0. The van der Waals surface area contributed by atoms with Crippen LogP contribution in [0, 0.1) is 28.6 Å². The molecule has 0 fully saturated rings. The summed E-state index contributed by atoms with van der Waals surface area (Å²) in [5, 5.41) is 17.2. The molecule has 0 bridgehead atoms. The molecule has 0 saturated heterocycles. The van der Waals surface area contributed by atoms with Crippen LogP contribution in [0.3, 0.4) is 0 Å². The van der Waals surface area contributed by atoms with Crippen molar-refractivity contribution < 1.29 is 4.39 Å². The molecule has 14 heavy (non-hydrogen) atoms. The number of allylic oxidation sites excluding steroid dienone is 4. The largest absolute Gasteiger partial charge is 0.212 e.